The lowest BCUT2D eigenvalue weighted by atomic mass is 9.93. The van der Waals surface area contributed by atoms with E-state index < -0.39 is 11.5 Å². The summed E-state index contributed by atoms with van der Waals surface area (Å²) in [6.07, 6.45) is 1.89. The molecule has 2 aromatic heterocycles. The van der Waals surface area contributed by atoms with E-state index in [0.29, 0.717) is 156 Å². The molecule has 3 N–H and O–H groups in total. The van der Waals surface area contributed by atoms with Crippen LogP contribution in [0.4, 0.5) is 4.39 Å². The lowest BCUT2D eigenvalue weighted by molar-refractivity contribution is -0.0259. The molecule has 3 aromatic carbocycles. The highest BCUT2D eigenvalue weighted by atomic mass is 19.1. The number of amides is 1. The van der Waals surface area contributed by atoms with Crippen molar-refractivity contribution in [3.63, 3.8) is 0 Å². The molecule has 17 heteroatoms. The van der Waals surface area contributed by atoms with Gasteiger partial charge in [0.25, 0.3) is 11.5 Å². The summed E-state index contributed by atoms with van der Waals surface area (Å²) in [5.74, 6) is 0.798. The molecule has 2 heterocycles. The second-order valence-corrected chi connectivity index (χ2v) is 17.1. The third-order valence-corrected chi connectivity index (χ3v) is 10.6. The van der Waals surface area contributed by atoms with Crippen LogP contribution in [-0.2, 0) is 57.1 Å². The summed E-state index contributed by atoms with van der Waals surface area (Å²) >= 11 is 0. The van der Waals surface area contributed by atoms with Crippen LogP contribution in [0.25, 0.3) is 22.0 Å². The van der Waals surface area contributed by atoms with Gasteiger partial charge in [0.05, 0.1) is 111 Å². The van der Waals surface area contributed by atoms with E-state index in [1.807, 2.05) is 38.1 Å². The molecule has 5 rings (SSSR count). The van der Waals surface area contributed by atoms with E-state index in [1.54, 1.807) is 65.2 Å². The number of benzene rings is 3. The first-order chi connectivity index (χ1) is 33.2. The zero-order valence-corrected chi connectivity index (χ0v) is 41.1. The molecule has 1 amide bonds. The molecule has 0 saturated carbocycles. The van der Waals surface area contributed by atoms with Crippen LogP contribution >= 0.6 is 0 Å². The first-order valence-corrected chi connectivity index (χ1v) is 23.4. The van der Waals surface area contributed by atoms with Crippen LogP contribution in [0.15, 0.2) is 71.7 Å². The number of aliphatic hydroxyl groups is 1. The molecule has 0 aliphatic carbocycles. The molecule has 0 aliphatic rings. The lowest BCUT2D eigenvalue weighted by Gasteiger charge is -2.22. The Morgan fingerprint density at radius 3 is 1.72 bits per heavy atom. The van der Waals surface area contributed by atoms with Crippen molar-refractivity contribution in [2.45, 2.75) is 59.8 Å². The van der Waals surface area contributed by atoms with Crippen molar-refractivity contribution < 1.29 is 61.7 Å². The maximum Gasteiger partial charge on any atom is 0.274 e. The van der Waals surface area contributed by atoms with Gasteiger partial charge in [0.2, 0.25) is 0 Å². The maximum atomic E-state index is 14.2. The molecule has 69 heavy (non-hydrogen) atoms. The Hall–Kier alpha value is -5.21. The number of nitrogens with zero attached hydrogens (tertiary/aromatic N) is 1. The van der Waals surface area contributed by atoms with Crippen molar-refractivity contribution in [2.24, 2.45) is 7.05 Å². The van der Waals surface area contributed by atoms with Crippen LogP contribution in [0.1, 0.15) is 60.4 Å². The number of carbonyl (C=O) groups is 1. The molecule has 0 spiro atoms. The highest BCUT2D eigenvalue weighted by molar-refractivity contribution is 6.03. The second-order valence-electron chi connectivity index (χ2n) is 17.1. The number of rotatable bonds is 33. The average molecular weight is 964 g/mol. The number of H-pyrrole nitrogens is 1. The van der Waals surface area contributed by atoms with Gasteiger partial charge in [-0.05, 0) is 106 Å². The molecule has 0 atom stereocenters. The third-order valence-electron chi connectivity index (χ3n) is 10.6. The monoisotopic (exact) mass is 963 g/mol. The van der Waals surface area contributed by atoms with E-state index in [9.17, 15) is 19.1 Å². The minimum atomic E-state index is -1.20. The van der Waals surface area contributed by atoms with Gasteiger partial charge in [-0.25, -0.2) is 4.39 Å². The fraction of sp³-hybridized carbons (Fsp3) is 0.500. The Balaban J connectivity index is 0.963. The predicted octanol–water partition coefficient (Wildman–Crippen LogP) is 7.16. The average Bonchev–Trinajstić information content (AvgIpc) is 3.77. The standard InChI is InChI=1S/C52H70FN3O13/c1-36(2)67-28-26-65-24-22-63-20-18-61-16-14-60-15-17-62-19-21-64-23-25-66-27-29-68-42-11-8-39(9-12-42)34-54-50(57)46-33-44-45(35-56(7)51(58)48(44)55-46)43-32-40(52(5,6)59)10-13-47(43)69-49-37(3)30-41(53)31-38(49)4/h8-13,30-33,35-36,55,59H,14-29,34H2,1-7H3,(H,54,57). The van der Waals surface area contributed by atoms with Crippen molar-refractivity contribution in [3.8, 4) is 28.4 Å². The first-order valence-electron chi connectivity index (χ1n) is 23.4. The van der Waals surface area contributed by atoms with Gasteiger partial charge in [-0.15, -0.1) is 0 Å². The number of pyridine rings is 1. The summed E-state index contributed by atoms with van der Waals surface area (Å²) in [6.45, 7) is 18.7. The normalized spacial score (nSPS) is 11.8. The quantitative estimate of drug-likeness (QED) is 0.0361. The summed E-state index contributed by atoms with van der Waals surface area (Å²) in [5.41, 5.74) is 2.73. The summed E-state index contributed by atoms with van der Waals surface area (Å²) < 4.78 is 71.9. The van der Waals surface area contributed by atoms with Gasteiger partial charge in [0.15, 0.2) is 0 Å². The minimum absolute atomic E-state index is 0.194. The van der Waals surface area contributed by atoms with Crippen LogP contribution in [0.3, 0.4) is 0 Å². The number of fused-ring (bicyclic) bond motifs is 1. The van der Waals surface area contributed by atoms with Crippen LogP contribution < -0.4 is 20.3 Å². The highest BCUT2D eigenvalue weighted by Gasteiger charge is 2.23. The summed E-state index contributed by atoms with van der Waals surface area (Å²) in [6, 6.07) is 17.1. The van der Waals surface area contributed by atoms with Gasteiger partial charge in [-0.3, -0.25) is 9.59 Å². The Morgan fingerprint density at radius 2 is 1.22 bits per heavy atom. The fourth-order valence-corrected chi connectivity index (χ4v) is 7.01. The molecule has 0 radical (unpaired) electrons. The molecule has 0 unspecified atom stereocenters. The van der Waals surface area contributed by atoms with Crippen LogP contribution in [0.5, 0.6) is 17.2 Å². The number of aromatic amines is 1. The number of carbonyl (C=O) groups excluding carboxylic acids is 1. The molecule has 0 saturated heterocycles. The van der Waals surface area contributed by atoms with E-state index in [2.05, 4.69) is 10.3 Å². The molecule has 5 aromatic rings. The lowest BCUT2D eigenvalue weighted by Crippen LogP contribution is -2.23. The molecule has 16 nitrogen and oxygen atoms in total. The predicted molar refractivity (Wildman–Crippen MR) is 260 cm³/mol. The van der Waals surface area contributed by atoms with E-state index in [-0.39, 0.29) is 35.2 Å². The minimum Gasteiger partial charge on any atom is -0.491 e. The van der Waals surface area contributed by atoms with E-state index in [1.165, 1.54) is 16.7 Å². The van der Waals surface area contributed by atoms with Gasteiger partial charge in [-0.2, -0.15) is 0 Å². The highest BCUT2D eigenvalue weighted by Crippen LogP contribution is 2.41. The number of ether oxygens (including phenoxy) is 10. The molecule has 0 bridgehead atoms. The van der Waals surface area contributed by atoms with Crippen molar-refractivity contribution in [2.75, 3.05) is 106 Å². The Kier molecular flexibility index (Phi) is 22.6. The molecule has 0 fully saturated rings. The number of aryl methyl sites for hydroxylation is 3. The van der Waals surface area contributed by atoms with E-state index >= 15 is 0 Å². The Bertz CT molecular complexity index is 2370. The fourth-order valence-electron chi connectivity index (χ4n) is 7.01. The zero-order chi connectivity index (χ0) is 49.6. The Morgan fingerprint density at radius 1 is 0.710 bits per heavy atom. The van der Waals surface area contributed by atoms with Crippen molar-refractivity contribution in [3.05, 3.63) is 111 Å². The van der Waals surface area contributed by atoms with E-state index in [0.717, 1.165) is 5.56 Å². The van der Waals surface area contributed by atoms with Gasteiger partial charge < -0.3 is 67.3 Å². The van der Waals surface area contributed by atoms with Crippen molar-refractivity contribution in [1.82, 2.24) is 14.9 Å². The third kappa shape index (κ3) is 18.2. The number of halogens is 1. The van der Waals surface area contributed by atoms with Gasteiger partial charge in [0, 0.05) is 36.3 Å². The molecule has 378 valence electrons. The van der Waals surface area contributed by atoms with Gasteiger partial charge in [0.1, 0.15) is 40.9 Å². The van der Waals surface area contributed by atoms with Gasteiger partial charge >= 0.3 is 0 Å². The number of aromatic nitrogens is 2. The molecular weight excluding hydrogens is 894 g/mol. The molecular formula is C52H70FN3O13. The zero-order valence-electron chi connectivity index (χ0n) is 41.1. The van der Waals surface area contributed by atoms with Crippen LogP contribution in [0, 0.1) is 19.7 Å². The Labute approximate surface area is 404 Å². The van der Waals surface area contributed by atoms with Gasteiger partial charge in [-0.1, -0.05) is 18.2 Å². The summed E-state index contributed by atoms with van der Waals surface area (Å²) in [7, 11) is 1.63. The summed E-state index contributed by atoms with van der Waals surface area (Å²) in [5, 5.41) is 14.4. The maximum absolute atomic E-state index is 14.2. The largest absolute Gasteiger partial charge is 0.491 e. The SMILES string of the molecule is Cc1cc(F)cc(C)c1Oc1ccc(C(C)(C)O)cc1-c1cn(C)c(=O)c2[nH]c(C(=O)NCc3ccc(OCCOCCOCCOCCOCCOCCOCCOCCOC(C)C)cc3)cc12. The molecule has 0 aliphatic heterocycles. The van der Waals surface area contributed by atoms with Crippen molar-refractivity contribution >= 4 is 16.8 Å². The summed E-state index contributed by atoms with van der Waals surface area (Å²) in [4.78, 5) is 30.0. The van der Waals surface area contributed by atoms with Crippen LogP contribution in [0.2, 0.25) is 0 Å². The number of hydrogen-bond acceptors (Lipinski definition) is 13. The van der Waals surface area contributed by atoms with Crippen molar-refractivity contribution in [1.29, 1.82) is 0 Å². The van der Waals surface area contributed by atoms with E-state index in [4.69, 9.17) is 47.4 Å². The smallest absolute Gasteiger partial charge is 0.274 e. The number of nitrogens with one attached hydrogen (secondary N) is 2. The second kappa shape index (κ2) is 28.5. The number of hydrogen-bond donors (Lipinski definition) is 3. The van der Waals surface area contributed by atoms with Crippen LogP contribution in [-0.4, -0.2) is 132 Å². The topological polar surface area (TPSA) is 179 Å². The first kappa shape index (κ1) is 54.7.